The van der Waals surface area contributed by atoms with Crippen molar-refractivity contribution in [2.45, 2.75) is 30.2 Å². The molecule has 21 heavy (non-hydrogen) atoms. The van der Waals surface area contributed by atoms with E-state index in [0.29, 0.717) is 0 Å². The van der Waals surface area contributed by atoms with Crippen LogP contribution in [0.2, 0.25) is 0 Å². The minimum Gasteiger partial charge on any atom is -0.395 e. The molecule has 0 heterocycles. The van der Waals surface area contributed by atoms with E-state index in [-0.39, 0.29) is 30.6 Å². The Morgan fingerprint density at radius 1 is 1.29 bits per heavy atom. The first-order valence-electron chi connectivity index (χ1n) is 7.01. The average molecular weight is 308 g/mol. The predicted molar refractivity (Wildman–Crippen MR) is 81.0 cm³/mol. The molecule has 0 amide bonds. The minimum atomic E-state index is -3.56. The van der Waals surface area contributed by atoms with E-state index in [0.717, 1.165) is 24.8 Å². The number of hydrogen-bond donors (Lipinski definition) is 2. The second kappa shape index (κ2) is 7.05. The van der Waals surface area contributed by atoms with Gasteiger partial charge in [0.25, 0.3) is 0 Å². The number of rotatable bonds is 5. The highest BCUT2D eigenvalue weighted by Crippen LogP contribution is 2.29. The first kappa shape index (κ1) is 16.0. The number of benzene rings is 1. The van der Waals surface area contributed by atoms with Gasteiger partial charge in [0.2, 0.25) is 10.0 Å². The van der Waals surface area contributed by atoms with E-state index in [1.165, 1.54) is 4.31 Å². The van der Waals surface area contributed by atoms with Crippen LogP contribution in [-0.4, -0.2) is 43.6 Å². The molecule has 0 radical (unpaired) electrons. The molecule has 0 aliphatic heterocycles. The summed E-state index contributed by atoms with van der Waals surface area (Å²) in [7, 11) is -3.56. The highest BCUT2D eigenvalue weighted by Gasteiger charge is 2.34. The lowest BCUT2D eigenvalue weighted by Crippen LogP contribution is -2.45. The largest absolute Gasteiger partial charge is 0.395 e. The van der Waals surface area contributed by atoms with Crippen LogP contribution in [0.3, 0.4) is 0 Å². The van der Waals surface area contributed by atoms with Crippen molar-refractivity contribution >= 4 is 10.0 Å². The summed E-state index contributed by atoms with van der Waals surface area (Å²) in [6.45, 7) is 0.240. The molecule has 1 aromatic carbocycles. The molecule has 0 bridgehead atoms. The van der Waals surface area contributed by atoms with Crippen LogP contribution in [0.25, 0.3) is 0 Å². The van der Waals surface area contributed by atoms with Gasteiger partial charge in [-0.05, 0) is 37.1 Å². The Balaban J connectivity index is 2.24. The zero-order valence-corrected chi connectivity index (χ0v) is 12.6. The molecule has 1 aliphatic carbocycles. The van der Waals surface area contributed by atoms with E-state index < -0.39 is 10.0 Å². The monoisotopic (exact) mass is 308 g/mol. The fourth-order valence-electron chi connectivity index (χ4n) is 2.27. The van der Waals surface area contributed by atoms with Crippen LogP contribution in [0.4, 0.5) is 0 Å². The Bertz CT molecular complexity index is 625. The van der Waals surface area contributed by atoms with E-state index in [1.807, 2.05) is 0 Å². The fraction of sp³-hybridized carbons (Fsp3) is 0.467. The Morgan fingerprint density at radius 2 is 1.95 bits per heavy atom. The molecule has 1 fully saturated rings. The van der Waals surface area contributed by atoms with Gasteiger partial charge in [-0.25, -0.2) is 8.42 Å². The summed E-state index contributed by atoms with van der Waals surface area (Å²) >= 11 is 0. The highest BCUT2D eigenvalue weighted by atomic mass is 32.2. The molecule has 2 rings (SSSR count). The molecular weight excluding hydrogens is 288 g/mol. The summed E-state index contributed by atoms with van der Waals surface area (Å²) in [5.41, 5.74) is 6.04. The summed E-state index contributed by atoms with van der Waals surface area (Å²) < 4.78 is 26.7. The van der Waals surface area contributed by atoms with Crippen molar-refractivity contribution in [3.05, 3.63) is 29.8 Å². The van der Waals surface area contributed by atoms with Crippen molar-refractivity contribution in [2.75, 3.05) is 19.7 Å². The maximum absolute atomic E-state index is 12.6. The van der Waals surface area contributed by atoms with Crippen molar-refractivity contribution in [3.8, 4) is 11.8 Å². The molecule has 3 N–H and O–H groups in total. The lowest BCUT2D eigenvalue weighted by atomic mass is 9.93. The number of nitrogens with two attached hydrogens (primary N) is 1. The Labute approximate surface area is 125 Å². The molecular formula is C15H20N2O3S. The molecule has 1 aromatic rings. The van der Waals surface area contributed by atoms with E-state index in [9.17, 15) is 8.42 Å². The van der Waals surface area contributed by atoms with Gasteiger partial charge in [-0.3, -0.25) is 0 Å². The van der Waals surface area contributed by atoms with Gasteiger partial charge in [-0.1, -0.05) is 18.3 Å². The molecule has 0 spiro atoms. The first-order chi connectivity index (χ1) is 10.1. The van der Waals surface area contributed by atoms with Gasteiger partial charge in [-0.2, -0.15) is 4.31 Å². The van der Waals surface area contributed by atoms with Crippen molar-refractivity contribution in [1.82, 2.24) is 4.31 Å². The quantitative estimate of drug-likeness (QED) is 0.777. The molecule has 0 aromatic heterocycles. The fourth-order valence-corrected chi connectivity index (χ4v) is 3.95. The van der Waals surface area contributed by atoms with Crippen molar-refractivity contribution in [2.24, 2.45) is 5.73 Å². The van der Waals surface area contributed by atoms with Crippen LogP contribution in [0.1, 0.15) is 24.8 Å². The van der Waals surface area contributed by atoms with Crippen LogP contribution in [0.15, 0.2) is 29.2 Å². The maximum Gasteiger partial charge on any atom is 0.243 e. The third kappa shape index (κ3) is 3.63. The summed E-state index contributed by atoms with van der Waals surface area (Å²) in [4.78, 5) is 0.237. The topological polar surface area (TPSA) is 83.6 Å². The summed E-state index contributed by atoms with van der Waals surface area (Å²) in [6.07, 6.45) is 2.76. The number of nitrogens with zero attached hydrogens (tertiary/aromatic N) is 1. The second-order valence-electron chi connectivity index (χ2n) is 4.95. The number of hydrogen-bond acceptors (Lipinski definition) is 4. The van der Waals surface area contributed by atoms with Gasteiger partial charge in [0.15, 0.2) is 0 Å². The van der Waals surface area contributed by atoms with Gasteiger partial charge in [0.05, 0.1) is 18.0 Å². The standard InChI is InChI=1S/C15H20N2O3S/c16-10-2-3-13-6-8-15(9-7-13)21(19,20)17(11-12-18)14-4-1-5-14/h6-9,14,18H,1,4-5,10-12,16H2. The van der Waals surface area contributed by atoms with Crippen molar-refractivity contribution in [1.29, 1.82) is 0 Å². The average Bonchev–Trinajstić information content (AvgIpc) is 2.43. The van der Waals surface area contributed by atoms with Crippen molar-refractivity contribution < 1.29 is 13.5 Å². The molecule has 1 aliphatic rings. The van der Waals surface area contributed by atoms with Crippen LogP contribution in [0.5, 0.6) is 0 Å². The third-order valence-corrected chi connectivity index (χ3v) is 5.56. The third-order valence-electron chi connectivity index (χ3n) is 3.60. The lowest BCUT2D eigenvalue weighted by molar-refractivity contribution is 0.178. The van der Waals surface area contributed by atoms with Gasteiger partial charge < -0.3 is 10.8 Å². The maximum atomic E-state index is 12.6. The van der Waals surface area contributed by atoms with Crippen LogP contribution < -0.4 is 5.73 Å². The van der Waals surface area contributed by atoms with E-state index >= 15 is 0 Å². The first-order valence-corrected chi connectivity index (χ1v) is 8.45. The zero-order valence-electron chi connectivity index (χ0n) is 11.8. The molecule has 114 valence electrons. The minimum absolute atomic E-state index is 0.0128. The number of aliphatic hydroxyl groups excluding tert-OH is 1. The SMILES string of the molecule is NCC#Cc1ccc(S(=O)(=O)N(CCO)C2CCC2)cc1. The Morgan fingerprint density at radius 3 is 2.43 bits per heavy atom. The molecule has 1 saturated carbocycles. The lowest BCUT2D eigenvalue weighted by Gasteiger charge is -2.36. The van der Waals surface area contributed by atoms with E-state index in [2.05, 4.69) is 11.8 Å². The number of sulfonamides is 1. The molecule has 0 saturated heterocycles. The molecule has 0 unspecified atom stereocenters. The predicted octanol–water partition coefficient (Wildman–Crippen LogP) is 0.532. The van der Waals surface area contributed by atoms with E-state index in [4.69, 9.17) is 10.8 Å². The van der Waals surface area contributed by atoms with Gasteiger partial charge in [0.1, 0.15) is 0 Å². The van der Waals surface area contributed by atoms with E-state index in [1.54, 1.807) is 24.3 Å². The molecule has 6 heteroatoms. The smallest absolute Gasteiger partial charge is 0.243 e. The second-order valence-corrected chi connectivity index (χ2v) is 6.84. The summed E-state index contributed by atoms with van der Waals surface area (Å²) in [5.74, 6) is 5.59. The summed E-state index contributed by atoms with van der Waals surface area (Å²) in [5, 5.41) is 9.12. The van der Waals surface area contributed by atoms with Crippen LogP contribution >= 0.6 is 0 Å². The van der Waals surface area contributed by atoms with Crippen LogP contribution in [0, 0.1) is 11.8 Å². The Hall–Kier alpha value is -1.39. The molecule has 5 nitrogen and oxygen atoms in total. The molecule has 0 atom stereocenters. The summed E-state index contributed by atoms with van der Waals surface area (Å²) in [6, 6.07) is 6.47. The Kier molecular flexibility index (Phi) is 5.37. The van der Waals surface area contributed by atoms with Gasteiger partial charge in [-0.15, -0.1) is 0 Å². The van der Waals surface area contributed by atoms with Crippen LogP contribution in [-0.2, 0) is 10.0 Å². The number of aliphatic hydroxyl groups is 1. The van der Waals surface area contributed by atoms with Gasteiger partial charge in [0, 0.05) is 18.2 Å². The van der Waals surface area contributed by atoms with Crippen molar-refractivity contribution in [3.63, 3.8) is 0 Å². The van der Waals surface area contributed by atoms with Gasteiger partial charge >= 0.3 is 0 Å². The normalized spacial score (nSPS) is 15.4. The zero-order chi connectivity index (χ0) is 15.3. The highest BCUT2D eigenvalue weighted by molar-refractivity contribution is 7.89.